The standard InChI is InChI=1S/C40H41N3/c1-38(2,3)25-17-23-16-24(18-25)33-20-27(40(7,8)9)22-35(42-33)31-15-11-13-29-28-12-10-14-30(36(28)43-37(29)31)34-21-26(39(4,5)6)19-32(23)41-34/h10-22,41H,1-9H3. The van der Waals surface area contributed by atoms with Gasteiger partial charge < -0.3 is 5.32 Å². The van der Waals surface area contributed by atoms with E-state index < -0.39 is 0 Å². The maximum absolute atomic E-state index is 5.38. The molecule has 3 nitrogen and oxygen atoms in total. The fraction of sp³-hybridized carbons (Fsp3) is 0.300. The molecule has 0 fully saturated rings. The molecule has 3 aliphatic heterocycles. The number of nitrogens with zero attached hydrogens (tertiary/aromatic N) is 2. The number of dihydropyridines is 1. The summed E-state index contributed by atoms with van der Waals surface area (Å²) in [5.41, 5.74) is 14.6. The summed E-state index contributed by atoms with van der Waals surface area (Å²) in [4.78, 5) is 10.8. The van der Waals surface area contributed by atoms with Gasteiger partial charge in [-0.2, -0.15) is 0 Å². The summed E-state index contributed by atoms with van der Waals surface area (Å²) in [6, 6.07) is 24.7. The molecule has 0 saturated carbocycles. The molecule has 43 heavy (non-hydrogen) atoms. The molecule has 0 spiro atoms. The van der Waals surface area contributed by atoms with Gasteiger partial charge in [-0.15, -0.1) is 0 Å². The van der Waals surface area contributed by atoms with Gasteiger partial charge >= 0.3 is 0 Å². The van der Waals surface area contributed by atoms with E-state index >= 15 is 0 Å². The lowest BCUT2D eigenvalue weighted by Gasteiger charge is -2.28. The minimum atomic E-state index is -0.0444. The maximum Gasteiger partial charge on any atom is 0.0810 e. The average molecular weight is 564 g/mol. The quantitative estimate of drug-likeness (QED) is 0.204. The van der Waals surface area contributed by atoms with E-state index in [9.17, 15) is 0 Å². The summed E-state index contributed by atoms with van der Waals surface area (Å²) in [5.74, 6) is 0. The van der Waals surface area contributed by atoms with Crippen molar-refractivity contribution in [3.05, 3.63) is 112 Å². The monoisotopic (exact) mass is 563 g/mol. The van der Waals surface area contributed by atoms with Crippen molar-refractivity contribution >= 4 is 17.1 Å². The van der Waals surface area contributed by atoms with Crippen molar-refractivity contribution in [3.8, 4) is 33.6 Å². The van der Waals surface area contributed by atoms with Gasteiger partial charge in [-0.3, -0.25) is 0 Å². The molecule has 3 heteroatoms. The second kappa shape index (κ2) is 9.13. The summed E-state index contributed by atoms with van der Waals surface area (Å²) in [6.45, 7) is 20.6. The third kappa shape index (κ3) is 4.66. The van der Waals surface area contributed by atoms with Gasteiger partial charge in [-0.25, -0.2) is 9.98 Å². The maximum atomic E-state index is 5.38. The predicted molar refractivity (Wildman–Crippen MR) is 180 cm³/mol. The van der Waals surface area contributed by atoms with Crippen molar-refractivity contribution in [2.24, 2.45) is 10.4 Å². The van der Waals surface area contributed by atoms with Crippen molar-refractivity contribution in [2.75, 3.05) is 0 Å². The van der Waals surface area contributed by atoms with Crippen LogP contribution in [0.2, 0.25) is 0 Å². The van der Waals surface area contributed by atoms with E-state index in [1.54, 1.807) is 0 Å². The molecule has 7 rings (SSSR count). The molecule has 0 unspecified atom stereocenters. The first-order valence-electron chi connectivity index (χ1n) is 15.4. The van der Waals surface area contributed by atoms with Gasteiger partial charge in [0.1, 0.15) is 0 Å². The molecule has 8 bridgehead atoms. The number of nitrogens with one attached hydrogen (secondary N) is 1. The molecule has 3 aliphatic rings. The number of para-hydroxylation sites is 2. The highest BCUT2D eigenvalue weighted by Crippen LogP contribution is 2.43. The minimum absolute atomic E-state index is 0.0305. The second-order valence-electron chi connectivity index (χ2n) is 15.4. The number of pyridine rings is 1. The highest BCUT2D eigenvalue weighted by molar-refractivity contribution is 5.91. The Balaban J connectivity index is 1.67. The third-order valence-corrected chi connectivity index (χ3v) is 8.98. The Bertz CT molecular complexity index is 2030. The third-order valence-electron chi connectivity index (χ3n) is 8.98. The molecule has 4 aromatic rings. The fourth-order valence-electron chi connectivity index (χ4n) is 6.22. The Morgan fingerprint density at radius 3 is 1.93 bits per heavy atom. The highest BCUT2D eigenvalue weighted by Gasteiger charge is 2.27. The first kappa shape index (κ1) is 27.6. The van der Waals surface area contributed by atoms with Crippen LogP contribution in [0, 0.1) is 5.41 Å². The van der Waals surface area contributed by atoms with Gasteiger partial charge in [-0.1, -0.05) is 98.7 Å². The van der Waals surface area contributed by atoms with Gasteiger partial charge in [0.2, 0.25) is 0 Å². The van der Waals surface area contributed by atoms with Crippen LogP contribution in [0.5, 0.6) is 0 Å². The summed E-state index contributed by atoms with van der Waals surface area (Å²) >= 11 is 0. The Hall–Kier alpha value is -4.24. The molecule has 216 valence electrons. The van der Waals surface area contributed by atoms with E-state index in [-0.39, 0.29) is 16.2 Å². The normalized spacial score (nSPS) is 15.2. The number of aromatic nitrogens is 1. The summed E-state index contributed by atoms with van der Waals surface area (Å²) < 4.78 is 0. The molecule has 0 atom stereocenters. The Labute approximate surface area is 255 Å². The summed E-state index contributed by atoms with van der Waals surface area (Å²) in [5, 5.41) is 6.01. The lowest BCUT2D eigenvalue weighted by atomic mass is 9.81. The molecular formula is C40H41N3. The van der Waals surface area contributed by atoms with Crippen molar-refractivity contribution in [1.82, 2.24) is 10.3 Å². The van der Waals surface area contributed by atoms with Crippen LogP contribution in [0.1, 0.15) is 79.0 Å². The van der Waals surface area contributed by atoms with E-state index in [4.69, 9.17) is 9.98 Å². The van der Waals surface area contributed by atoms with Crippen LogP contribution < -0.4 is 15.9 Å². The van der Waals surface area contributed by atoms with E-state index in [0.717, 1.165) is 55.7 Å². The smallest absolute Gasteiger partial charge is 0.0810 e. The van der Waals surface area contributed by atoms with Gasteiger partial charge in [0.15, 0.2) is 0 Å². The molecular weight excluding hydrogens is 522 g/mol. The van der Waals surface area contributed by atoms with E-state index in [0.29, 0.717) is 0 Å². The fourth-order valence-corrected chi connectivity index (χ4v) is 6.22. The topological polar surface area (TPSA) is 37.3 Å². The number of hydrogen-bond acceptors (Lipinski definition) is 3. The number of benzene rings is 3. The molecule has 0 saturated heterocycles. The molecule has 1 aromatic heterocycles. The SMILES string of the molecule is CC(C)(C)C1=CC2=c3cccc4c3=Nc3c(cccc3-4)-c3cc(C(C)(C)C)cc(n3)-c3cc(cc(C(C)(C)C)c3)C(=C1)N2. The van der Waals surface area contributed by atoms with Gasteiger partial charge in [0.25, 0.3) is 0 Å². The number of fused-ring (bicyclic) bond motifs is 10. The molecule has 0 radical (unpaired) electrons. The first-order valence-corrected chi connectivity index (χ1v) is 15.4. The van der Waals surface area contributed by atoms with Crippen LogP contribution in [0.15, 0.2) is 89.4 Å². The van der Waals surface area contributed by atoms with Crippen LogP contribution in [-0.4, -0.2) is 4.98 Å². The zero-order valence-corrected chi connectivity index (χ0v) is 26.9. The molecule has 4 heterocycles. The molecule has 0 aliphatic carbocycles. The molecule has 1 N–H and O–H groups in total. The van der Waals surface area contributed by atoms with Crippen LogP contribution >= 0.6 is 0 Å². The van der Waals surface area contributed by atoms with E-state index in [2.05, 4.69) is 147 Å². The number of allylic oxidation sites excluding steroid dienone is 2. The Morgan fingerprint density at radius 1 is 0.581 bits per heavy atom. The van der Waals surface area contributed by atoms with E-state index in [1.165, 1.54) is 27.8 Å². The van der Waals surface area contributed by atoms with Gasteiger partial charge in [0, 0.05) is 38.9 Å². The Kier molecular flexibility index (Phi) is 5.86. The average Bonchev–Trinajstić information content (AvgIpc) is 3.34. The summed E-state index contributed by atoms with van der Waals surface area (Å²) in [6.07, 6.45) is 4.65. The van der Waals surface area contributed by atoms with Crippen LogP contribution in [0.25, 0.3) is 45.0 Å². The van der Waals surface area contributed by atoms with Gasteiger partial charge in [0.05, 0.1) is 22.4 Å². The van der Waals surface area contributed by atoms with Gasteiger partial charge in [-0.05, 0) is 81.0 Å². The predicted octanol–water partition coefficient (Wildman–Crippen LogP) is 8.98. The minimum Gasteiger partial charge on any atom is -0.354 e. The number of rotatable bonds is 0. The van der Waals surface area contributed by atoms with Crippen molar-refractivity contribution in [2.45, 2.75) is 73.1 Å². The van der Waals surface area contributed by atoms with Crippen molar-refractivity contribution in [3.63, 3.8) is 0 Å². The van der Waals surface area contributed by atoms with Crippen LogP contribution in [0.3, 0.4) is 0 Å². The van der Waals surface area contributed by atoms with Crippen molar-refractivity contribution < 1.29 is 0 Å². The van der Waals surface area contributed by atoms with Crippen LogP contribution in [-0.2, 0) is 10.8 Å². The second-order valence-corrected chi connectivity index (χ2v) is 15.4. The molecule has 3 aromatic carbocycles. The molecule has 0 amide bonds. The lowest BCUT2D eigenvalue weighted by Crippen LogP contribution is -2.33. The van der Waals surface area contributed by atoms with E-state index in [1.807, 2.05) is 0 Å². The largest absolute Gasteiger partial charge is 0.354 e. The summed E-state index contributed by atoms with van der Waals surface area (Å²) in [7, 11) is 0. The Morgan fingerprint density at radius 2 is 1.21 bits per heavy atom. The highest BCUT2D eigenvalue weighted by atomic mass is 14.9. The first-order chi connectivity index (χ1) is 20.2. The lowest BCUT2D eigenvalue weighted by molar-refractivity contribution is 0.516. The zero-order chi connectivity index (χ0) is 30.5. The van der Waals surface area contributed by atoms with Crippen molar-refractivity contribution in [1.29, 1.82) is 0 Å². The zero-order valence-electron chi connectivity index (χ0n) is 26.9. The van der Waals surface area contributed by atoms with Crippen LogP contribution in [0.4, 0.5) is 5.69 Å². The number of hydrogen-bond donors (Lipinski definition) is 1.